The second-order valence-electron chi connectivity index (χ2n) is 6.62. The maximum Gasteiger partial charge on any atom is 0.318 e. The molecule has 2 amide bonds. The molecule has 0 aliphatic carbocycles. The molecule has 6 heteroatoms. The Hall–Kier alpha value is -2.91. The van der Waals surface area contributed by atoms with Crippen molar-refractivity contribution < 1.29 is 14.3 Å². The molecule has 0 saturated carbocycles. The van der Waals surface area contributed by atoms with Gasteiger partial charge in [0, 0.05) is 12.5 Å². The molecule has 1 aliphatic heterocycles. The second-order valence-corrected chi connectivity index (χ2v) is 6.62. The average molecular weight is 367 g/mol. The molecule has 1 aliphatic rings. The van der Waals surface area contributed by atoms with Gasteiger partial charge in [-0.3, -0.25) is 0 Å². The number of benzene rings is 2. The fraction of sp³-hybridized carbons (Fsp3) is 0.333. The van der Waals surface area contributed by atoms with Crippen molar-refractivity contribution in [2.24, 2.45) is 0 Å². The summed E-state index contributed by atoms with van der Waals surface area (Å²) >= 11 is 0. The zero-order chi connectivity index (χ0) is 19.4. The molecule has 0 spiro atoms. The smallest absolute Gasteiger partial charge is 0.318 e. The third-order valence-corrected chi connectivity index (χ3v) is 4.95. The summed E-state index contributed by atoms with van der Waals surface area (Å²) in [5, 5.41) is 22.1. The van der Waals surface area contributed by atoms with Crippen LogP contribution < -0.4 is 5.32 Å². The molecule has 5 nitrogen and oxygen atoms in total. The molecular weight excluding hydrogens is 345 g/mol. The number of hydrogen-bond acceptors (Lipinski definition) is 3. The van der Waals surface area contributed by atoms with Crippen LogP contribution >= 0.6 is 0 Å². The highest BCUT2D eigenvalue weighted by atomic mass is 19.1. The number of hydrogen-bond donors (Lipinski definition) is 2. The van der Waals surface area contributed by atoms with E-state index in [2.05, 4.69) is 11.4 Å². The third kappa shape index (κ3) is 3.64. The molecule has 1 heterocycles. The van der Waals surface area contributed by atoms with Gasteiger partial charge in [0.2, 0.25) is 0 Å². The first-order valence-corrected chi connectivity index (χ1v) is 9.03. The van der Waals surface area contributed by atoms with Gasteiger partial charge in [-0.25, -0.2) is 9.18 Å². The van der Waals surface area contributed by atoms with E-state index in [1.54, 1.807) is 6.07 Å². The van der Waals surface area contributed by atoms with Crippen LogP contribution in [0, 0.1) is 17.1 Å². The molecule has 0 bridgehead atoms. The lowest BCUT2D eigenvalue weighted by atomic mass is 9.76. The number of halogens is 1. The number of rotatable bonds is 5. The molecule has 0 aromatic heterocycles. The van der Waals surface area contributed by atoms with Crippen LogP contribution in [0.1, 0.15) is 24.8 Å². The number of nitrogens with zero attached hydrogens (tertiary/aromatic N) is 2. The van der Waals surface area contributed by atoms with Gasteiger partial charge >= 0.3 is 6.03 Å². The number of urea groups is 1. The molecule has 0 unspecified atom stereocenters. The molecule has 3 atom stereocenters. The van der Waals surface area contributed by atoms with Gasteiger partial charge in [0.15, 0.2) is 0 Å². The highest BCUT2D eigenvalue weighted by Crippen LogP contribution is 2.40. The summed E-state index contributed by atoms with van der Waals surface area (Å²) < 4.78 is 13.4. The van der Waals surface area contributed by atoms with Crippen LogP contribution in [0.25, 0.3) is 11.1 Å². The van der Waals surface area contributed by atoms with E-state index < -0.39 is 12.1 Å². The van der Waals surface area contributed by atoms with Crippen molar-refractivity contribution in [2.75, 3.05) is 13.2 Å². The van der Waals surface area contributed by atoms with Crippen LogP contribution in [0.3, 0.4) is 0 Å². The highest BCUT2D eigenvalue weighted by Gasteiger charge is 2.51. The van der Waals surface area contributed by atoms with Crippen LogP contribution in [0.5, 0.6) is 0 Å². The quantitative estimate of drug-likeness (QED) is 0.852. The van der Waals surface area contributed by atoms with Crippen molar-refractivity contribution in [2.45, 2.75) is 31.3 Å². The van der Waals surface area contributed by atoms with Crippen molar-refractivity contribution in [3.63, 3.8) is 0 Å². The topological polar surface area (TPSA) is 76.4 Å². The SMILES string of the molecule is CCCNC(=O)N1[C@H](C#N)[C@H](c2ccc(-c3cccc(F)c3)cc2)[C@H]1CO. The van der Waals surface area contributed by atoms with E-state index in [1.807, 2.05) is 37.3 Å². The van der Waals surface area contributed by atoms with Gasteiger partial charge in [-0.1, -0.05) is 43.3 Å². The first-order chi connectivity index (χ1) is 13.1. The Balaban J connectivity index is 1.81. The molecule has 2 N–H and O–H groups in total. The molecule has 140 valence electrons. The predicted molar refractivity (Wildman–Crippen MR) is 100 cm³/mol. The minimum absolute atomic E-state index is 0.214. The number of aliphatic hydroxyl groups is 1. The zero-order valence-electron chi connectivity index (χ0n) is 15.1. The summed E-state index contributed by atoms with van der Waals surface area (Å²) in [5.41, 5.74) is 2.51. The second kappa shape index (κ2) is 8.19. The maximum absolute atomic E-state index is 13.4. The fourth-order valence-electron chi connectivity index (χ4n) is 3.58. The van der Waals surface area contributed by atoms with Gasteiger partial charge in [0.25, 0.3) is 0 Å². The summed E-state index contributed by atoms with van der Waals surface area (Å²) in [7, 11) is 0. The van der Waals surface area contributed by atoms with Crippen molar-refractivity contribution in [1.82, 2.24) is 10.2 Å². The third-order valence-electron chi connectivity index (χ3n) is 4.95. The molecule has 3 rings (SSSR count). The standard InChI is InChI=1S/C21H22FN3O2/c1-2-10-24-21(27)25-18(12-23)20(19(25)13-26)15-8-6-14(7-9-15)16-4-3-5-17(22)11-16/h3-9,11,18-20,26H,2,10,13H2,1H3,(H,24,27)/t18-,19-,20+/m1/s1. The van der Waals surface area contributed by atoms with E-state index in [9.17, 15) is 19.6 Å². The number of carbonyl (C=O) groups is 1. The van der Waals surface area contributed by atoms with Gasteiger partial charge in [0.1, 0.15) is 11.9 Å². The Morgan fingerprint density at radius 2 is 2.00 bits per heavy atom. The zero-order valence-corrected chi connectivity index (χ0v) is 15.1. The van der Waals surface area contributed by atoms with Crippen molar-refractivity contribution in [3.05, 3.63) is 59.9 Å². The van der Waals surface area contributed by atoms with E-state index in [0.29, 0.717) is 6.54 Å². The Morgan fingerprint density at radius 1 is 1.26 bits per heavy atom. The van der Waals surface area contributed by atoms with Crippen LogP contribution in [-0.2, 0) is 0 Å². The first-order valence-electron chi connectivity index (χ1n) is 9.03. The summed E-state index contributed by atoms with van der Waals surface area (Å²) in [6.07, 6.45) is 0.797. The highest BCUT2D eigenvalue weighted by molar-refractivity contribution is 5.77. The normalized spacial score (nSPS) is 21.3. The first kappa shape index (κ1) is 18.9. The number of aliphatic hydroxyl groups excluding tert-OH is 1. The average Bonchev–Trinajstić information content (AvgIpc) is 2.67. The van der Waals surface area contributed by atoms with E-state index in [0.717, 1.165) is 23.1 Å². The van der Waals surface area contributed by atoms with E-state index in [-0.39, 0.29) is 24.4 Å². The van der Waals surface area contributed by atoms with Crippen molar-refractivity contribution in [1.29, 1.82) is 5.26 Å². The Morgan fingerprint density at radius 3 is 2.59 bits per heavy atom. The van der Waals surface area contributed by atoms with Crippen LogP contribution in [0.2, 0.25) is 0 Å². The summed E-state index contributed by atoms with van der Waals surface area (Å²) in [5.74, 6) is -0.553. The Labute approximate surface area is 158 Å². The number of amides is 2. The van der Waals surface area contributed by atoms with Crippen LogP contribution in [0.4, 0.5) is 9.18 Å². The lowest BCUT2D eigenvalue weighted by Crippen LogP contribution is -2.67. The number of likely N-dealkylation sites (tertiary alicyclic amines) is 1. The molecule has 27 heavy (non-hydrogen) atoms. The van der Waals surface area contributed by atoms with E-state index in [4.69, 9.17) is 0 Å². The summed E-state index contributed by atoms with van der Waals surface area (Å²) in [6, 6.07) is 14.6. The fourth-order valence-corrected chi connectivity index (χ4v) is 3.58. The molecule has 0 radical (unpaired) electrons. The number of nitriles is 1. The minimum atomic E-state index is -0.626. The van der Waals surface area contributed by atoms with Gasteiger partial charge in [-0.05, 0) is 35.2 Å². The van der Waals surface area contributed by atoms with Gasteiger partial charge in [-0.15, -0.1) is 0 Å². The van der Waals surface area contributed by atoms with Gasteiger partial charge < -0.3 is 15.3 Å². The van der Waals surface area contributed by atoms with Crippen LogP contribution in [-0.4, -0.2) is 41.3 Å². The van der Waals surface area contributed by atoms with Gasteiger partial charge in [0.05, 0.1) is 18.7 Å². The number of nitrogens with one attached hydrogen (secondary N) is 1. The van der Waals surface area contributed by atoms with Crippen molar-refractivity contribution in [3.8, 4) is 17.2 Å². The molecule has 1 fully saturated rings. The molecule has 2 aromatic carbocycles. The lowest BCUT2D eigenvalue weighted by molar-refractivity contribution is 0.0169. The Kier molecular flexibility index (Phi) is 5.72. The summed E-state index contributed by atoms with van der Waals surface area (Å²) in [6.45, 7) is 2.26. The monoisotopic (exact) mass is 367 g/mol. The molecule has 1 saturated heterocycles. The van der Waals surface area contributed by atoms with Crippen molar-refractivity contribution >= 4 is 6.03 Å². The molecule has 2 aromatic rings. The summed E-state index contributed by atoms with van der Waals surface area (Å²) in [4.78, 5) is 13.7. The van der Waals surface area contributed by atoms with E-state index in [1.165, 1.54) is 17.0 Å². The lowest BCUT2D eigenvalue weighted by Gasteiger charge is -2.51. The maximum atomic E-state index is 13.4. The predicted octanol–water partition coefficient (Wildman–Crippen LogP) is 3.26. The largest absolute Gasteiger partial charge is 0.394 e. The molecular formula is C21H22FN3O2. The number of carbonyl (C=O) groups excluding carboxylic acids is 1. The van der Waals surface area contributed by atoms with Crippen LogP contribution in [0.15, 0.2) is 48.5 Å². The minimum Gasteiger partial charge on any atom is -0.394 e. The van der Waals surface area contributed by atoms with E-state index >= 15 is 0 Å². The Bertz CT molecular complexity index is 847. The van der Waals surface area contributed by atoms with Gasteiger partial charge in [-0.2, -0.15) is 5.26 Å².